The van der Waals surface area contributed by atoms with Crippen molar-refractivity contribution in [2.75, 3.05) is 19.4 Å². The lowest BCUT2D eigenvalue weighted by molar-refractivity contribution is 0.187. The molecule has 2 aromatic carbocycles. The predicted octanol–water partition coefficient (Wildman–Crippen LogP) is 3.54. The number of hydrogen-bond donors (Lipinski definition) is 2. The van der Waals surface area contributed by atoms with Crippen molar-refractivity contribution in [3.63, 3.8) is 0 Å². The molecule has 2 rings (SSSR count). The summed E-state index contributed by atoms with van der Waals surface area (Å²) in [5.74, 6) is 0.742. The Morgan fingerprint density at radius 3 is 2.30 bits per heavy atom. The van der Waals surface area contributed by atoms with Crippen LogP contribution < -0.4 is 5.32 Å². The fraction of sp³-hybridized carbons (Fsp3) is 0.250. The maximum absolute atomic E-state index is 9.86. The molecular formula is C16H18ClNOS. The summed E-state index contributed by atoms with van der Waals surface area (Å²) in [5, 5.41) is 13.9. The number of likely N-dealkylation sites (N-methyl/N-ethyl adjacent to an activating group) is 1. The van der Waals surface area contributed by atoms with Crippen molar-refractivity contribution >= 4 is 23.4 Å². The van der Waals surface area contributed by atoms with E-state index in [2.05, 4.69) is 5.32 Å². The lowest BCUT2D eigenvalue weighted by atomic mass is 9.93. The average Bonchev–Trinajstić information content (AvgIpc) is 2.51. The number of hydrogen-bond acceptors (Lipinski definition) is 3. The van der Waals surface area contributed by atoms with Crippen LogP contribution in [0.1, 0.15) is 5.56 Å². The van der Waals surface area contributed by atoms with Crippen molar-refractivity contribution in [1.29, 1.82) is 0 Å². The van der Waals surface area contributed by atoms with E-state index in [1.165, 1.54) is 0 Å². The van der Waals surface area contributed by atoms with Gasteiger partial charge in [0, 0.05) is 15.7 Å². The Bertz CT molecular complexity index is 526. The molecule has 0 aliphatic carbocycles. The number of rotatable bonds is 6. The third-order valence-electron chi connectivity index (χ3n) is 3.37. The standard InChI is InChI=1S/C16H18ClNOS/c1-18-16(11-19,13-5-3-2-4-6-13)12-20-15-9-7-14(17)8-10-15/h2-10,18-19H,11-12H2,1H3. The van der Waals surface area contributed by atoms with E-state index in [0.29, 0.717) is 0 Å². The van der Waals surface area contributed by atoms with Crippen LogP contribution in [0, 0.1) is 0 Å². The van der Waals surface area contributed by atoms with Crippen molar-refractivity contribution in [3.05, 3.63) is 65.2 Å². The van der Waals surface area contributed by atoms with E-state index in [9.17, 15) is 5.11 Å². The first-order chi connectivity index (χ1) is 9.70. The number of benzene rings is 2. The molecular weight excluding hydrogens is 290 g/mol. The fourth-order valence-corrected chi connectivity index (χ4v) is 3.28. The maximum atomic E-state index is 9.86. The second-order valence-corrected chi connectivity index (χ2v) is 6.08. The van der Waals surface area contributed by atoms with Gasteiger partial charge >= 0.3 is 0 Å². The van der Waals surface area contributed by atoms with Crippen LogP contribution >= 0.6 is 23.4 Å². The van der Waals surface area contributed by atoms with Crippen LogP contribution in [0.3, 0.4) is 0 Å². The molecule has 106 valence electrons. The molecule has 0 saturated heterocycles. The largest absolute Gasteiger partial charge is 0.394 e. The molecule has 0 amide bonds. The summed E-state index contributed by atoms with van der Waals surface area (Å²) in [6.07, 6.45) is 0. The van der Waals surface area contributed by atoms with Crippen molar-refractivity contribution in [3.8, 4) is 0 Å². The number of thioether (sulfide) groups is 1. The quantitative estimate of drug-likeness (QED) is 0.801. The highest BCUT2D eigenvalue weighted by molar-refractivity contribution is 7.99. The van der Waals surface area contributed by atoms with E-state index in [-0.39, 0.29) is 6.61 Å². The summed E-state index contributed by atoms with van der Waals surface area (Å²) in [6.45, 7) is 0.0497. The summed E-state index contributed by atoms with van der Waals surface area (Å²) in [5.41, 5.74) is 0.650. The maximum Gasteiger partial charge on any atom is 0.0761 e. The van der Waals surface area contributed by atoms with Crippen molar-refractivity contribution in [1.82, 2.24) is 5.32 Å². The molecule has 0 aromatic heterocycles. The molecule has 2 aromatic rings. The first-order valence-electron chi connectivity index (χ1n) is 6.44. The monoisotopic (exact) mass is 307 g/mol. The lowest BCUT2D eigenvalue weighted by Gasteiger charge is -2.32. The molecule has 0 aliphatic rings. The van der Waals surface area contributed by atoms with Gasteiger partial charge in [-0.1, -0.05) is 41.9 Å². The summed E-state index contributed by atoms with van der Waals surface area (Å²) in [7, 11) is 1.88. The zero-order valence-electron chi connectivity index (χ0n) is 11.3. The van der Waals surface area contributed by atoms with Crippen molar-refractivity contribution in [2.24, 2.45) is 0 Å². The minimum Gasteiger partial charge on any atom is -0.394 e. The predicted molar refractivity (Wildman–Crippen MR) is 86.4 cm³/mol. The molecule has 0 bridgehead atoms. The van der Waals surface area contributed by atoms with Gasteiger partial charge in [-0.2, -0.15) is 0 Å². The third kappa shape index (κ3) is 3.55. The van der Waals surface area contributed by atoms with E-state index in [0.717, 1.165) is 21.2 Å². The van der Waals surface area contributed by atoms with Crippen LogP contribution in [0.15, 0.2) is 59.5 Å². The number of aliphatic hydroxyl groups excluding tert-OH is 1. The number of aliphatic hydroxyl groups is 1. The summed E-state index contributed by atoms with van der Waals surface area (Å²) in [6, 6.07) is 17.8. The van der Waals surface area contributed by atoms with Crippen LogP contribution in [0.5, 0.6) is 0 Å². The van der Waals surface area contributed by atoms with Gasteiger partial charge in [0.1, 0.15) is 0 Å². The molecule has 0 radical (unpaired) electrons. The lowest BCUT2D eigenvalue weighted by Crippen LogP contribution is -2.45. The van der Waals surface area contributed by atoms with Gasteiger partial charge in [-0.3, -0.25) is 0 Å². The minimum atomic E-state index is -0.439. The summed E-state index contributed by atoms with van der Waals surface area (Å²) >= 11 is 7.59. The number of halogens is 1. The molecule has 0 aliphatic heterocycles. The summed E-state index contributed by atoms with van der Waals surface area (Å²) in [4.78, 5) is 1.14. The highest BCUT2D eigenvalue weighted by atomic mass is 35.5. The number of nitrogens with one attached hydrogen (secondary N) is 1. The van der Waals surface area contributed by atoms with Crippen LogP contribution in [0.2, 0.25) is 5.02 Å². The van der Waals surface area contributed by atoms with Gasteiger partial charge < -0.3 is 10.4 Å². The molecule has 0 fully saturated rings. The van der Waals surface area contributed by atoms with E-state index in [1.807, 2.05) is 61.6 Å². The summed E-state index contributed by atoms with van der Waals surface area (Å²) < 4.78 is 0. The normalized spacial score (nSPS) is 13.9. The first-order valence-corrected chi connectivity index (χ1v) is 7.80. The van der Waals surface area contributed by atoms with E-state index in [4.69, 9.17) is 11.6 Å². The van der Waals surface area contributed by atoms with Crippen molar-refractivity contribution < 1.29 is 5.11 Å². The Labute approximate surface area is 129 Å². The highest BCUT2D eigenvalue weighted by Crippen LogP contribution is 2.30. The Hall–Kier alpha value is -1.00. The zero-order valence-corrected chi connectivity index (χ0v) is 12.9. The third-order valence-corrected chi connectivity index (χ3v) is 4.87. The van der Waals surface area contributed by atoms with Gasteiger partial charge in [0.25, 0.3) is 0 Å². The second kappa shape index (κ2) is 7.14. The SMILES string of the molecule is CNC(CO)(CSc1ccc(Cl)cc1)c1ccccc1. The molecule has 1 atom stereocenters. The minimum absolute atomic E-state index is 0.0497. The van der Waals surface area contributed by atoms with Crippen LogP contribution in [-0.4, -0.2) is 24.5 Å². The van der Waals surface area contributed by atoms with Crippen LogP contribution in [0.4, 0.5) is 0 Å². The molecule has 0 heterocycles. The van der Waals surface area contributed by atoms with E-state index < -0.39 is 5.54 Å². The smallest absolute Gasteiger partial charge is 0.0761 e. The Kier molecular flexibility index (Phi) is 5.49. The van der Waals surface area contributed by atoms with Gasteiger partial charge in [-0.15, -0.1) is 11.8 Å². The highest BCUT2D eigenvalue weighted by Gasteiger charge is 2.29. The molecule has 2 N–H and O–H groups in total. The zero-order chi connectivity index (χ0) is 14.4. The van der Waals surface area contributed by atoms with Gasteiger partial charge in [0.15, 0.2) is 0 Å². The van der Waals surface area contributed by atoms with Gasteiger partial charge in [-0.25, -0.2) is 0 Å². The average molecular weight is 308 g/mol. The Morgan fingerprint density at radius 2 is 1.75 bits per heavy atom. The van der Waals surface area contributed by atoms with Gasteiger partial charge in [0.2, 0.25) is 0 Å². The molecule has 20 heavy (non-hydrogen) atoms. The first kappa shape index (κ1) is 15.4. The fourth-order valence-electron chi connectivity index (χ4n) is 2.01. The molecule has 2 nitrogen and oxygen atoms in total. The Morgan fingerprint density at radius 1 is 1.10 bits per heavy atom. The molecule has 0 saturated carbocycles. The Balaban J connectivity index is 2.15. The van der Waals surface area contributed by atoms with Crippen LogP contribution in [-0.2, 0) is 5.54 Å². The van der Waals surface area contributed by atoms with E-state index >= 15 is 0 Å². The van der Waals surface area contributed by atoms with Gasteiger partial charge in [-0.05, 0) is 36.9 Å². The van der Waals surface area contributed by atoms with Gasteiger partial charge in [0.05, 0.1) is 12.1 Å². The topological polar surface area (TPSA) is 32.3 Å². The molecule has 1 unspecified atom stereocenters. The van der Waals surface area contributed by atoms with Crippen molar-refractivity contribution in [2.45, 2.75) is 10.4 Å². The molecule has 4 heteroatoms. The molecule has 0 spiro atoms. The van der Waals surface area contributed by atoms with Crippen LogP contribution in [0.25, 0.3) is 0 Å². The second-order valence-electron chi connectivity index (χ2n) is 4.60. The van der Waals surface area contributed by atoms with E-state index in [1.54, 1.807) is 11.8 Å².